The van der Waals surface area contributed by atoms with Gasteiger partial charge in [0, 0.05) is 35.9 Å². The van der Waals surface area contributed by atoms with Gasteiger partial charge in [0.1, 0.15) is 23.8 Å². The lowest BCUT2D eigenvalue weighted by Crippen LogP contribution is -2.35. The minimum absolute atomic E-state index is 0.0115. The summed E-state index contributed by atoms with van der Waals surface area (Å²) in [4.78, 5) is 14.8. The Morgan fingerprint density at radius 2 is 2.03 bits per heavy atom. The molecular weight excluding hydrogens is 554 g/mol. The van der Waals surface area contributed by atoms with E-state index < -0.39 is 12.0 Å². The van der Waals surface area contributed by atoms with Crippen LogP contribution in [0.5, 0.6) is 0 Å². The summed E-state index contributed by atoms with van der Waals surface area (Å²) in [6.07, 6.45) is 1.36. The van der Waals surface area contributed by atoms with Gasteiger partial charge in [-0.25, -0.2) is 4.98 Å². The molecule has 0 saturated heterocycles. The maximum Gasteiger partial charge on any atom is 0.312 e. The molecule has 34 heavy (non-hydrogen) atoms. The quantitative estimate of drug-likeness (QED) is 0.277. The monoisotopic (exact) mass is 582 g/mol. The lowest BCUT2D eigenvalue weighted by Gasteiger charge is -2.27. The number of nitrogens with two attached hydrogens (primary N) is 1. The molecule has 3 heterocycles. The Labute approximate surface area is 210 Å². The molecule has 1 unspecified atom stereocenters. The number of hydrogen-bond acceptors (Lipinski definition) is 8. The van der Waals surface area contributed by atoms with Crippen molar-refractivity contribution in [3.63, 3.8) is 0 Å². The molecule has 182 valence electrons. The third-order valence-corrected chi connectivity index (χ3v) is 6.80. The number of fused-ring (bicyclic) bond motifs is 1. The average Bonchev–Trinajstić information content (AvgIpc) is 3.44. The van der Waals surface area contributed by atoms with Gasteiger partial charge in [-0.1, -0.05) is 18.2 Å². The molecule has 0 radical (unpaired) electrons. The third kappa shape index (κ3) is 5.10. The second-order valence-electron chi connectivity index (χ2n) is 8.28. The van der Waals surface area contributed by atoms with Crippen molar-refractivity contribution in [2.24, 2.45) is 0 Å². The zero-order valence-electron chi connectivity index (χ0n) is 19.1. The Morgan fingerprint density at radius 3 is 2.71 bits per heavy atom. The third-order valence-electron chi connectivity index (χ3n) is 5.82. The number of ether oxygens (including phenoxy) is 2. The number of aliphatic hydroxyl groups is 1. The molecular formula is C23H28FIN6O3. The van der Waals surface area contributed by atoms with Crippen molar-refractivity contribution >= 4 is 39.6 Å². The molecule has 11 heteroatoms. The van der Waals surface area contributed by atoms with Crippen LogP contribution in [0.2, 0.25) is 0 Å². The fourth-order valence-corrected chi connectivity index (χ4v) is 4.81. The van der Waals surface area contributed by atoms with E-state index in [2.05, 4.69) is 51.3 Å². The molecule has 0 spiro atoms. The number of benzene rings is 1. The van der Waals surface area contributed by atoms with Crippen LogP contribution in [0.4, 0.5) is 10.2 Å². The van der Waals surface area contributed by atoms with Gasteiger partial charge in [0.25, 0.3) is 0 Å². The molecule has 0 bridgehead atoms. The Hall–Kier alpha value is -2.51. The van der Waals surface area contributed by atoms with Gasteiger partial charge in [-0.3, -0.25) is 4.90 Å². The van der Waals surface area contributed by atoms with Gasteiger partial charge in [-0.05, 0) is 54.5 Å². The highest BCUT2D eigenvalue weighted by atomic mass is 127. The smallest absolute Gasteiger partial charge is 0.312 e. The molecule has 0 saturated carbocycles. The molecule has 3 N–H and O–H groups in total. The molecule has 0 amide bonds. The molecule has 1 aliphatic rings. The first kappa shape index (κ1) is 24.6. The molecule has 3 aromatic rings. The van der Waals surface area contributed by atoms with E-state index in [9.17, 15) is 9.50 Å². The van der Waals surface area contributed by atoms with Crippen molar-refractivity contribution in [3.05, 3.63) is 57.3 Å². The maximum absolute atomic E-state index is 14.2. The Morgan fingerprint density at radius 1 is 1.24 bits per heavy atom. The van der Waals surface area contributed by atoms with Crippen LogP contribution in [-0.2, 0) is 16.0 Å². The summed E-state index contributed by atoms with van der Waals surface area (Å²) in [6, 6.07) is 8.20. The van der Waals surface area contributed by atoms with Crippen LogP contribution in [0.3, 0.4) is 0 Å². The van der Waals surface area contributed by atoms with Crippen LogP contribution in [-0.4, -0.2) is 62.1 Å². The SMILES string of the molecule is CC(C)N(CCCO)CCn1c(C(C2=COCO2)c2ccccc2I)nc2c(N)nc(F)nc21. The van der Waals surface area contributed by atoms with Crippen molar-refractivity contribution in [2.45, 2.75) is 38.8 Å². The van der Waals surface area contributed by atoms with Crippen LogP contribution >= 0.6 is 22.6 Å². The van der Waals surface area contributed by atoms with Crippen LogP contribution in [0.1, 0.15) is 37.6 Å². The number of nitrogens with zero attached hydrogens (tertiary/aromatic N) is 5. The lowest BCUT2D eigenvalue weighted by molar-refractivity contribution is 0.0764. The van der Waals surface area contributed by atoms with Crippen molar-refractivity contribution in [2.75, 3.05) is 32.2 Å². The number of nitrogen functional groups attached to an aromatic ring is 1. The minimum atomic E-state index is -0.899. The second kappa shape index (κ2) is 10.8. The molecule has 4 rings (SSSR count). The van der Waals surface area contributed by atoms with Crippen LogP contribution in [0.25, 0.3) is 11.2 Å². The number of anilines is 1. The van der Waals surface area contributed by atoms with E-state index in [4.69, 9.17) is 20.2 Å². The summed E-state index contributed by atoms with van der Waals surface area (Å²) < 4.78 is 28.3. The predicted octanol–water partition coefficient (Wildman–Crippen LogP) is 3.22. The normalized spacial score (nSPS) is 14.5. The molecule has 1 atom stereocenters. The lowest BCUT2D eigenvalue weighted by atomic mass is 9.96. The molecule has 9 nitrogen and oxygen atoms in total. The first-order valence-corrected chi connectivity index (χ1v) is 12.2. The van der Waals surface area contributed by atoms with Gasteiger partial charge in [0.2, 0.25) is 6.79 Å². The Kier molecular flexibility index (Phi) is 7.84. The number of aliphatic hydroxyl groups excluding tert-OH is 1. The van der Waals surface area contributed by atoms with E-state index in [0.29, 0.717) is 42.3 Å². The number of halogens is 2. The van der Waals surface area contributed by atoms with E-state index >= 15 is 0 Å². The summed E-state index contributed by atoms with van der Waals surface area (Å²) in [6.45, 7) is 6.33. The zero-order valence-corrected chi connectivity index (χ0v) is 21.3. The van der Waals surface area contributed by atoms with E-state index in [1.807, 2.05) is 28.8 Å². The highest BCUT2D eigenvalue weighted by molar-refractivity contribution is 14.1. The van der Waals surface area contributed by atoms with Gasteiger partial charge in [0.05, 0.1) is 0 Å². The molecule has 0 aliphatic carbocycles. The Bertz CT molecular complexity index is 1180. The zero-order chi connectivity index (χ0) is 24.2. The highest BCUT2D eigenvalue weighted by Gasteiger charge is 2.32. The van der Waals surface area contributed by atoms with Crippen LogP contribution < -0.4 is 5.73 Å². The summed E-state index contributed by atoms with van der Waals surface area (Å²) in [5.74, 6) is 0.807. The summed E-state index contributed by atoms with van der Waals surface area (Å²) in [7, 11) is 0. The van der Waals surface area contributed by atoms with E-state index in [1.165, 1.54) is 0 Å². The van der Waals surface area contributed by atoms with E-state index in [1.54, 1.807) is 6.26 Å². The number of hydrogen-bond donors (Lipinski definition) is 2. The number of imidazole rings is 1. The largest absolute Gasteiger partial charge is 0.462 e. The van der Waals surface area contributed by atoms with Crippen molar-refractivity contribution in [3.8, 4) is 0 Å². The molecule has 0 fully saturated rings. The first-order valence-electron chi connectivity index (χ1n) is 11.1. The van der Waals surface area contributed by atoms with Crippen molar-refractivity contribution in [1.82, 2.24) is 24.4 Å². The summed E-state index contributed by atoms with van der Waals surface area (Å²) >= 11 is 2.28. The molecule has 1 aliphatic heterocycles. The summed E-state index contributed by atoms with van der Waals surface area (Å²) in [5, 5.41) is 9.29. The fraction of sp³-hybridized carbons (Fsp3) is 0.435. The van der Waals surface area contributed by atoms with Gasteiger partial charge < -0.3 is 24.9 Å². The van der Waals surface area contributed by atoms with E-state index in [0.717, 1.165) is 15.7 Å². The maximum atomic E-state index is 14.2. The minimum Gasteiger partial charge on any atom is -0.462 e. The molecule has 1 aromatic carbocycles. The van der Waals surface area contributed by atoms with Gasteiger partial charge in [-0.15, -0.1) is 0 Å². The fourth-order valence-electron chi connectivity index (χ4n) is 4.11. The standard InChI is InChI=1S/C23H28FIN6O3/c1-14(2)30(8-5-11-32)9-10-31-21(27-19-20(26)28-23(24)29-22(19)31)18(17-12-33-13-34-17)15-6-3-4-7-16(15)25/h3-4,6-7,12,14,18,32H,5,8-11,13H2,1-2H3,(H2,26,28,29). The van der Waals surface area contributed by atoms with Crippen LogP contribution in [0, 0.1) is 9.65 Å². The predicted molar refractivity (Wildman–Crippen MR) is 134 cm³/mol. The number of aromatic nitrogens is 4. The van der Waals surface area contributed by atoms with Gasteiger partial charge in [-0.2, -0.15) is 14.4 Å². The topological polar surface area (TPSA) is 112 Å². The number of rotatable bonds is 10. The van der Waals surface area contributed by atoms with Crippen LogP contribution in [0.15, 0.2) is 36.3 Å². The van der Waals surface area contributed by atoms with Gasteiger partial charge >= 0.3 is 6.08 Å². The first-order chi connectivity index (χ1) is 16.4. The van der Waals surface area contributed by atoms with Crippen molar-refractivity contribution < 1.29 is 19.0 Å². The van der Waals surface area contributed by atoms with Crippen molar-refractivity contribution in [1.29, 1.82) is 0 Å². The molecule has 2 aromatic heterocycles. The van der Waals surface area contributed by atoms with E-state index in [-0.39, 0.29) is 25.3 Å². The second-order valence-corrected chi connectivity index (χ2v) is 9.44. The number of allylic oxidation sites excluding steroid dienone is 1. The highest BCUT2D eigenvalue weighted by Crippen LogP contribution is 2.38. The summed E-state index contributed by atoms with van der Waals surface area (Å²) in [5.41, 5.74) is 7.71. The van der Waals surface area contributed by atoms with Gasteiger partial charge in [0.15, 0.2) is 17.0 Å². The average molecular weight is 582 g/mol. The Balaban J connectivity index is 1.85.